The Morgan fingerprint density at radius 3 is 1.68 bits per heavy atom. The van der Waals surface area contributed by atoms with Gasteiger partial charge >= 0.3 is 0 Å². The minimum atomic E-state index is -0.0139. The highest BCUT2D eigenvalue weighted by Crippen LogP contribution is 2.50. The van der Waals surface area contributed by atoms with Gasteiger partial charge < -0.3 is 9.32 Å². The zero-order valence-electron chi connectivity index (χ0n) is 41.8. The Balaban J connectivity index is 1.09. The highest BCUT2D eigenvalue weighted by molar-refractivity contribution is 6.14. The Hall–Kier alpha value is -7.94. The maximum Gasteiger partial charge on any atom is 0.136 e. The van der Waals surface area contributed by atoms with Gasteiger partial charge in [-0.05, 0) is 130 Å². The summed E-state index contributed by atoms with van der Waals surface area (Å²) in [7, 11) is 0. The fourth-order valence-corrected chi connectivity index (χ4v) is 11.2. The molecule has 1 aliphatic rings. The number of fused-ring (bicyclic) bond motifs is 7. The van der Waals surface area contributed by atoms with Gasteiger partial charge in [0, 0.05) is 33.5 Å². The summed E-state index contributed by atoms with van der Waals surface area (Å²) < 4.78 is 6.41. The van der Waals surface area contributed by atoms with Crippen molar-refractivity contribution in [3.63, 3.8) is 0 Å². The number of rotatable bonds is 7. The second-order valence-corrected chi connectivity index (χ2v) is 21.8. The van der Waals surface area contributed by atoms with E-state index >= 15 is 0 Å². The van der Waals surface area contributed by atoms with Gasteiger partial charge in [0.05, 0.1) is 11.4 Å². The average molecular weight is 918 g/mol. The Kier molecular flexibility index (Phi) is 10.7. The van der Waals surface area contributed by atoms with E-state index in [1.54, 1.807) is 0 Å². The number of benzene rings is 10. The van der Waals surface area contributed by atoms with Gasteiger partial charge in [-0.25, -0.2) is 0 Å². The summed E-state index contributed by atoms with van der Waals surface area (Å²) in [5, 5.41) is 9.81. The molecule has 346 valence electrons. The topological polar surface area (TPSA) is 16.4 Å². The first-order chi connectivity index (χ1) is 34.4. The third kappa shape index (κ3) is 7.83. The van der Waals surface area contributed by atoms with Crippen LogP contribution in [0.1, 0.15) is 71.6 Å². The molecule has 0 radical (unpaired) electrons. The number of furan rings is 1. The fraction of sp³-hybridized carbons (Fsp3) is 0.159. The van der Waals surface area contributed by atoms with Crippen molar-refractivity contribution in [2.75, 3.05) is 4.90 Å². The summed E-state index contributed by atoms with van der Waals surface area (Å²) >= 11 is 0. The molecule has 12 rings (SSSR count). The quantitative estimate of drug-likeness (QED) is 0.148. The Bertz CT molecular complexity index is 3920. The highest BCUT2D eigenvalue weighted by atomic mass is 16.3. The molecule has 1 atom stereocenters. The van der Waals surface area contributed by atoms with Crippen molar-refractivity contribution in [1.29, 1.82) is 0 Å². The monoisotopic (exact) mass is 917 g/mol. The minimum Gasteiger partial charge on any atom is -0.456 e. The number of nitrogens with zero attached hydrogens (tertiary/aromatic N) is 1. The van der Waals surface area contributed by atoms with Crippen LogP contribution in [0.5, 0.6) is 0 Å². The van der Waals surface area contributed by atoms with E-state index in [0.29, 0.717) is 0 Å². The lowest BCUT2D eigenvalue weighted by Crippen LogP contribution is -2.24. The van der Waals surface area contributed by atoms with Gasteiger partial charge in [0.25, 0.3) is 0 Å². The summed E-state index contributed by atoms with van der Waals surface area (Å²) in [4.78, 5) is 2.59. The number of para-hydroxylation sites is 3. The SMILES string of the molecule is CC1CC(c2ccc3c(c2)oc2ccccc23)=CC=C1N(c1ccccc1-c1cccc2c1ccc1ccccc12)c1ccccc1-c1cccc2cccc(-c3cc(C(C)(C)C)cc(C(C)(C)C)c3)c12. The Morgan fingerprint density at radius 1 is 0.408 bits per heavy atom. The first-order valence-electron chi connectivity index (χ1n) is 25.3. The Morgan fingerprint density at radius 2 is 0.958 bits per heavy atom. The molecule has 0 bridgehead atoms. The van der Waals surface area contributed by atoms with E-state index in [2.05, 4.69) is 260 Å². The van der Waals surface area contributed by atoms with Gasteiger partial charge in [0.2, 0.25) is 0 Å². The van der Waals surface area contributed by atoms with Crippen LogP contribution in [-0.4, -0.2) is 0 Å². The lowest BCUT2D eigenvalue weighted by molar-refractivity contribution is 0.569. The molecular formula is C69H59NO. The molecule has 0 aliphatic heterocycles. The Labute approximate surface area is 418 Å². The van der Waals surface area contributed by atoms with Gasteiger partial charge in [-0.1, -0.05) is 224 Å². The van der Waals surface area contributed by atoms with Gasteiger partial charge in [0.1, 0.15) is 11.2 Å². The summed E-state index contributed by atoms with van der Waals surface area (Å²) in [5.74, 6) is 0.165. The molecule has 1 heterocycles. The number of anilines is 2. The zero-order valence-corrected chi connectivity index (χ0v) is 41.8. The number of allylic oxidation sites excluding steroid dienone is 4. The van der Waals surface area contributed by atoms with Crippen molar-refractivity contribution in [3.8, 4) is 33.4 Å². The highest BCUT2D eigenvalue weighted by Gasteiger charge is 2.29. The molecule has 0 amide bonds. The summed E-state index contributed by atoms with van der Waals surface area (Å²) in [5.41, 5.74) is 17.9. The normalized spacial score (nSPS) is 14.4. The van der Waals surface area contributed by atoms with Crippen LogP contribution in [0.3, 0.4) is 0 Å². The number of hydrogen-bond acceptors (Lipinski definition) is 2. The predicted octanol–water partition coefficient (Wildman–Crippen LogP) is 19.8. The molecular weight excluding hydrogens is 859 g/mol. The van der Waals surface area contributed by atoms with Crippen LogP contribution in [-0.2, 0) is 10.8 Å². The lowest BCUT2D eigenvalue weighted by Gasteiger charge is -2.36. The van der Waals surface area contributed by atoms with Crippen LogP contribution in [0.4, 0.5) is 11.4 Å². The molecule has 71 heavy (non-hydrogen) atoms. The molecule has 0 saturated carbocycles. The van der Waals surface area contributed by atoms with Crippen molar-refractivity contribution in [3.05, 3.63) is 235 Å². The number of hydrogen-bond donors (Lipinski definition) is 0. The molecule has 10 aromatic carbocycles. The molecule has 0 N–H and O–H groups in total. The molecule has 2 nitrogen and oxygen atoms in total. The summed E-state index contributed by atoms with van der Waals surface area (Å²) in [6.07, 6.45) is 5.61. The average Bonchev–Trinajstić information content (AvgIpc) is 3.76. The van der Waals surface area contributed by atoms with Crippen molar-refractivity contribution >= 4 is 71.2 Å². The third-order valence-corrected chi connectivity index (χ3v) is 15.0. The van der Waals surface area contributed by atoms with Crippen molar-refractivity contribution in [1.82, 2.24) is 0 Å². The zero-order chi connectivity index (χ0) is 48.6. The van der Waals surface area contributed by atoms with E-state index in [0.717, 1.165) is 39.7 Å². The minimum absolute atomic E-state index is 0.0139. The molecule has 0 spiro atoms. The van der Waals surface area contributed by atoms with Crippen molar-refractivity contribution < 1.29 is 4.42 Å². The van der Waals surface area contributed by atoms with E-state index in [4.69, 9.17) is 4.42 Å². The first-order valence-corrected chi connectivity index (χ1v) is 25.3. The fourth-order valence-electron chi connectivity index (χ4n) is 11.2. The van der Waals surface area contributed by atoms with Crippen molar-refractivity contribution in [2.45, 2.75) is 65.7 Å². The van der Waals surface area contributed by atoms with E-state index in [-0.39, 0.29) is 16.7 Å². The first kappa shape index (κ1) is 44.3. The maximum atomic E-state index is 6.41. The summed E-state index contributed by atoms with van der Waals surface area (Å²) in [6.45, 7) is 16.4. The van der Waals surface area contributed by atoms with Crippen LogP contribution >= 0.6 is 0 Å². The maximum absolute atomic E-state index is 6.41. The predicted molar refractivity (Wildman–Crippen MR) is 305 cm³/mol. The second kappa shape index (κ2) is 17.2. The van der Waals surface area contributed by atoms with Crippen LogP contribution in [0, 0.1) is 5.92 Å². The smallest absolute Gasteiger partial charge is 0.136 e. The molecule has 0 saturated heterocycles. The molecule has 1 aromatic heterocycles. The van der Waals surface area contributed by atoms with Gasteiger partial charge in [-0.2, -0.15) is 0 Å². The molecule has 2 heteroatoms. The third-order valence-electron chi connectivity index (χ3n) is 15.0. The largest absolute Gasteiger partial charge is 0.456 e. The lowest BCUT2D eigenvalue weighted by atomic mass is 9.78. The van der Waals surface area contributed by atoms with Crippen LogP contribution < -0.4 is 4.90 Å². The van der Waals surface area contributed by atoms with E-state index in [1.807, 2.05) is 6.07 Å². The second-order valence-electron chi connectivity index (χ2n) is 21.8. The van der Waals surface area contributed by atoms with Crippen LogP contribution in [0.2, 0.25) is 0 Å². The van der Waals surface area contributed by atoms with E-state index < -0.39 is 0 Å². The van der Waals surface area contributed by atoms with Crippen molar-refractivity contribution in [2.24, 2.45) is 5.92 Å². The van der Waals surface area contributed by atoms with Crippen LogP contribution in [0.25, 0.3) is 93.2 Å². The molecule has 0 fully saturated rings. The standard InChI is InChI=1S/C69H59NO/c1-44-39-47(48-34-37-60-59-25-12-15-32-65(59)71-66(60)42-48)35-38-62(44)70(63-30-13-10-23-57(63)55-28-18-27-54-52-22-9-8-19-45(52)33-36-56(54)55)64-31-14-11-24-58(64)61-29-17-21-46-20-16-26-53(67(46)61)49-40-50(68(2,3)4)43-51(41-49)69(5,6)7/h8-38,40-44H,39H2,1-7H3. The van der Waals surface area contributed by atoms with Crippen LogP contribution in [0.15, 0.2) is 222 Å². The van der Waals surface area contributed by atoms with E-state index in [1.165, 1.54) is 93.7 Å². The molecule has 1 aliphatic carbocycles. The van der Waals surface area contributed by atoms with Gasteiger partial charge in [-0.3, -0.25) is 0 Å². The van der Waals surface area contributed by atoms with Gasteiger partial charge in [0.15, 0.2) is 0 Å². The van der Waals surface area contributed by atoms with E-state index in [9.17, 15) is 0 Å². The summed E-state index contributed by atoms with van der Waals surface area (Å²) in [6, 6.07) is 74.4. The molecule has 11 aromatic rings. The van der Waals surface area contributed by atoms with Gasteiger partial charge in [-0.15, -0.1) is 0 Å². The molecule has 1 unspecified atom stereocenters.